The van der Waals surface area contributed by atoms with Gasteiger partial charge in [-0.2, -0.15) is 0 Å². The van der Waals surface area contributed by atoms with Gasteiger partial charge in [0.25, 0.3) is 0 Å². The van der Waals surface area contributed by atoms with Gasteiger partial charge in [0.05, 0.1) is 13.2 Å². The van der Waals surface area contributed by atoms with Crippen molar-refractivity contribution in [3.05, 3.63) is 36.5 Å². The number of aliphatic hydroxyl groups is 1. The summed E-state index contributed by atoms with van der Waals surface area (Å²) in [6, 6.07) is 0. The van der Waals surface area contributed by atoms with Crippen LogP contribution in [-0.2, 0) is 19.1 Å². The molecule has 140 valence electrons. The predicted octanol–water partition coefficient (Wildman–Crippen LogP) is 2.57. The molecule has 0 aromatic heterocycles. The molecule has 0 saturated carbocycles. The Labute approximate surface area is 155 Å². The quantitative estimate of drug-likeness (QED) is 0.390. The summed E-state index contributed by atoms with van der Waals surface area (Å²) in [5.74, 6) is 10.2. The minimum absolute atomic E-state index is 0.0484. The summed E-state index contributed by atoms with van der Waals surface area (Å²) >= 11 is 0. The van der Waals surface area contributed by atoms with Crippen molar-refractivity contribution >= 4 is 11.9 Å². The van der Waals surface area contributed by atoms with Crippen LogP contribution in [0.15, 0.2) is 36.5 Å². The Morgan fingerprint density at radius 2 is 1.81 bits per heavy atom. The number of ether oxygens (including phenoxy) is 2. The lowest BCUT2D eigenvalue weighted by atomic mass is 10.1. The van der Waals surface area contributed by atoms with E-state index in [9.17, 15) is 9.59 Å². The van der Waals surface area contributed by atoms with E-state index in [4.69, 9.17) is 14.6 Å². The van der Waals surface area contributed by atoms with E-state index in [1.54, 1.807) is 24.3 Å². The lowest BCUT2D eigenvalue weighted by Crippen LogP contribution is -2.19. The van der Waals surface area contributed by atoms with Gasteiger partial charge in [0.1, 0.15) is 6.10 Å². The first-order valence-corrected chi connectivity index (χ1v) is 8.38. The summed E-state index contributed by atoms with van der Waals surface area (Å²) in [5.41, 5.74) is 0. The molecule has 0 aromatic carbocycles. The molecule has 0 aromatic rings. The molecule has 26 heavy (non-hydrogen) atoms. The number of carbonyl (C=O) groups excluding carboxylic acids is 2. The third-order valence-electron chi connectivity index (χ3n) is 2.70. The van der Waals surface area contributed by atoms with E-state index in [1.165, 1.54) is 19.1 Å². The molecule has 0 bridgehead atoms. The molecule has 0 rings (SSSR count). The fraction of sp³-hybridized carbons (Fsp3) is 0.429. The van der Waals surface area contributed by atoms with E-state index in [0.717, 1.165) is 0 Å². The molecule has 5 nitrogen and oxygen atoms in total. The second-order valence-electron chi connectivity index (χ2n) is 5.62. The van der Waals surface area contributed by atoms with E-state index in [1.807, 2.05) is 13.8 Å². The van der Waals surface area contributed by atoms with Crippen LogP contribution in [0.25, 0.3) is 0 Å². The van der Waals surface area contributed by atoms with Crippen LogP contribution in [0.1, 0.15) is 33.6 Å². The first-order valence-electron chi connectivity index (χ1n) is 8.38. The average molecular weight is 358 g/mol. The first-order chi connectivity index (χ1) is 12.5. The highest BCUT2D eigenvalue weighted by atomic mass is 16.6. The van der Waals surface area contributed by atoms with Crippen LogP contribution < -0.4 is 0 Å². The van der Waals surface area contributed by atoms with Crippen LogP contribution in [-0.4, -0.2) is 36.4 Å². The van der Waals surface area contributed by atoms with Crippen molar-refractivity contribution in [2.45, 2.75) is 39.7 Å². The van der Waals surface area contributed by atoms with Gasteiger partial charge in [-0.25, -0.2) is 0 Å². The average Bonchev–Trinajstić information content (AvgIpc) is 2.55. The highest BCUT2D eigenvalue weighted by Crippen LogP contribution is 2.08. The highest BCUT2D eigenvalue weighted by molar-refractivity contribution is 5.70. The van der Waals surface area contributed by atoms with Crippen LogP contribution in [0.3, 0.4) is 0 Å². The standard InChI is InChI=1S/C21H26O5/c1-18(2)17-21(24)26-20(14-16-25-19(3)23)13-11-9-7-5-4-6-8-10-12-15-22/h7,9-13,18,20,22H,14-17H2,1-3H3/b9-7+,12-10+,13-11+/t20-/m1/s1. The molecule has 0 amide bonds. The Kier molecular flexibility index (Phi) is 14.1. The Hall–Kier alpha value is -2.76. The van der Waals surface area contributed by atoms with Crippen LogP contribution in [0.5, 0.6) is 0 Å². The molecule has 0 radical (unpaired) electrons. The highest BCUT2D eigenvalue weighted by Gasteiger charge is 2.13. The molecular weight excluding hydrogens is 332 g/mol. The van der Waals surface area contributed by atoms with Gasteiger partial charge in [-0.3, -0.25) is 9.59 Å². The molecular formula is C21H26O5. The van der Waals surface area contributed by atoms with Crippen molar-refractivity contribution in [1.82, 2.24) is 0 Å². The molecule has 0 aliphatic carbocycles. The van der Waals surface area contributed by atoms with Crippen LogP contribution in [0.4, 0.5) is 0 Å². The van der Waals surface area contributed by atoms with Crippen molar-refractivity contribution in [2.24, 2.45) is 5.92 Å². The van der Waals surface area contributed by atoms with E-state index >= 15 is 0 Å². The van der Waals surface area contributed by atoms with Gasteiger partial charge in [0.15, 0.2) is 0 Å². The molecule has 5 heteroatoms. The van der Waals surface area contributed by atoms with Gasteiger partial charge >= 0.3 is 11.9 Å². The second-order valence-corrected chi connectivity index (χ2v) is 5.62. The lowest BCUT2D eigenvalue weighted by Gasteiger charge is -2.15. The van der Waals surface area contributed by atoms with Gasteiger partial charge in [-0.1, -0.05) is 43.9 Å². The number of rotatable bonds is 9. The van der Waals surface area contributed by atoms with Gasteiger partial charge in [-0.05, 0) is 36.0 Å². The van der Waals surface area contributed by atoms with Crippen molar-refractivity contribution in [3.8, 4) is 23.7 Å². The minimum atomic E-state index is -0.471. The van der Waals surface area contributed by atoms with Crippen LogP contribution in [0.2, 0.25) is 0 Å². The predicted molar refractivity (Wildman–Crippen MR) is 101 cm³/mol. The summed E-state index contributed by atoms with van der Waals surface area (Å²) in [7, 11) is 0. The molecule has 0 unspecified atom stereocenters. The second kappa shape index (κ2) is 15.7. The Morgan fingerprint density at radius 1 is 1.12 bits per heavy atom. The molecule has 1 atom stereocenters. The number of hydrogen-bond donors (Lipinski definition) is 1. The van der Waals surface area contributed by atoms with Crippen molar-refractivity contribution in [3.63, 3.8) is 0 Å². The Morgan fingerprint density at radius 3 is 2.42 bits per heavy atom. The molecule has 0 saturated heterocycles. The molecule has 0 fully saturated rings. The van der Waals surface area contributed by atoms with E-state index in [2.05, 4.69) is 23.7 Å². The van der Waals surface area contributed by atoms with Crippen molar-refractivity contribution in [1.29, 1.82) is 0 Å². The van der Waals surface area contributed by atoms with Gasteiger partial charge in [-0.15, -0.1) is 0 Å². The zero-order chi connectivity index (χ0) is 19.6. The van der Waals surface area contributed by atoms with Gasteiger partial charge < -0.3 is 14.6 Å². The molecule has 0 heterocycles. The van der Waals surface area contributed by atoms with Crippen molar-refractivity contribution < 1.29 is 24.2 Å². The summed E-state index contributed by atoms with van der Waals surface area (Å²) in [6.45, 7) is 5.34. The molecule has 0 spiro atoms. The summed E-state index contributed by atoms with van der Waals surface area (Å²) < 4.78 is 10.3. The number of carbonyl (C=O) groups is 2. The topological polar surface area (TPSA) is 72.8 Å². The number of esters is 2. The summed E-state index contributed by atoms with van der Waals surface area (Å²) in [4.78, 5) is 22.6. The third-order valence-corrected chi connectivity index (χ3v) is 2.70. The van der Waals surface area contributed by atoms with Gasteiger partial charge in [0, 0.05) is 19.8 Å². The van der Waals surface area contributed by atoms with E-state index in [-0.39, 0.29) is 31.1 Å². The van der Waals surface area contributed by atoms with E-state index in [0.29, 0.717) is 12.8 Å². The number of aliphatic hydroxyl groups excluding tert-OH is 1. The molecule has 0 aliphatic rings. The molecule has 1 N–H and O–H groups in total. The molecule has 0 aliphatic heterocycles. The Bertz CT molecular complexity index is 633. The van der Waals surface area contributed by atoms with Gasteiger partial charge in [0.2, 0.25) is 0 Å². The third kappa shape index (κ3) is 16.1. The zero-order valence-corrected chi connectivity index (χ0v) is 15.5. The Balaban J connectivity index is 4.59. The normalized spacial score (nSPS) is 11.9. The van der Waals surface area contributed by atoms with Crippen molar-refractivity contribution in [2.75, 3.05) is 13.2 Å². The first kappa shape index (κ1) is 23.2. The lowest BCUT2D eigenvalue weighted by molar-refractivity contribution is -0.149. The fourth-order valence-electron chi connectivity index (χ4n) is 1.62. The van der Waals surface area contributed by atoms with Crippen LogP contribution >= 0.6 is 0 Å². The number of allylic oxidation sites excluding steroid dienone is 4. The smallest absolute Gasteiger partial charge is 0.306 e. The van der Waals surface area contributed by atoms with E-state index < -0.39 is 6.10 Å². The SMILES string of the molecule is CC(=O)OCC[C@@H](/C=C/C=C/C#CC#C/C=C/CO)OC(=O)CC(C)C. The maximum absolute atomic E-state index is 11.8. The largest absolute Gasteiger partial charge is 0.466 e. The number of hydrogen-bond acceptors (Lipinski definition) is 5. The maximum Gasteiger partial charge on any atom is 0.306 e. The minimum Gasteiger partial charge on any atom is -0.466 e. The zero-order valence-electron chi connectivity index (χ0n) is 15.5. The monoisotopic (exact) mass is 358 g/mol. The maximum atomic E-state index is 11.8. The summed E-state index contributed by atoms with van der Waals surface area (Å²) in [6.07, 6.45) is 10.0. The van der Waals surface area contributed by atoms with Crippen LogP contribution in [0, 0.1) is 29.6 Å². The summed E-state index contributed by atoms with van der Waals surface area (Å²) in [5, 5.41) is 8.52. The fourth-order valence-corrected chi connectivity index (χ4v) is 1.62.